The first-order valence-electron chi connectivity index (χ1n) is 9.37. The Morgan fingerprint density at radius 2 is 1.76 bits per heavy atom. The Morgan fingerprint density at radius 1 is 1.14 bits per heavy atom. The lowest BCUT2D eigenvalue weighted by atomic mass is 10.2. The summed E-state index contributed by atoms with van der Waals surface area (Å²) in [7, 11) is -3.85. The summed E-state index contributed by atoms with van der Waals surface area (Å²) in [6, 6.07) is 3.43. The SMILES string of the molecule is CCCc1noc(C(C)N2CCN(S(=O)(=O)c3ccc(C(F)(F)F)cc3)CC2)n1. The van der Waals surface area contributed by atoms with Gasteiger partial charge in [-0.2, -0.15) is 22.5 Å². The summed E-state index contributed by atoms with van der Waals surface area (Å²) in [6.45, 7) is 5.30. The predicted molar refractivity (Wildman–Crippen MR) is 98.5 cm³/mol. The Labute approximate surface area is 167 Å². The highest BCUT2D eigenvalue weighted by Crippen LogP contribution is 2.30. The molecule has 1 aromatic heterocycles. The monoisotopic (exact) mass is 432 g/mol. The predicted octanol–water partition coefficient (Wildman–Crippen LogP) is 3.11. The van der Waals surface area contributed by atoms with Gasteiger partial charge in [0.2, 0.25) is 15.9 Å². The third kappa shape index (κ3) is 4.78. The summed E-state index contributed by atoms with van der Waals surface area (Å²) in [5, 5.41) is 3.94. The number of sulfonamides is 1. The smallest absolute Gasteiger partial charge is 0.338 e. The maximum atomic E-state index is 12.8. The zero-order valence-electron chi connectivity index (χ0n) is 16.2. The number of aryl methyl sites for hydroxylation is 1. The van der Waals surface area contributed by atoms with E-state index in [2.05, 4.69) is 10.1 Å². The van der Waals surface area contributed by atoms with Crippen molar-refractivity contribution < 1.29 is 26.1 Å². The van der Waals surface area contributed by atoms with Crippen LogP contribution in [0, 0.1) is 0 Å². The molecule has 1 saturated heterocycles. The summed E-state index contributed by atoms with van der Waals surface area (Å²) in [5.74, 6) is 1.14. The summed E-state index contributed by atoms with van der Waals surface area (Å²) in [5.41, 5.74) is -0.878. The summed E-state index contributed by atoms with van der Waals surface area (Å²) >= 11 is 0. The number of hydrogen-bond acceptors (Lipinski definition) is 6. The van der Waals surface area contributed by atoms with E-state index in [9.17, 15) is 21.6 Å². The first-order valence-corrected chi connectivity index (χ1v) is 10.8. The fourth-order valence-corrected chi connectivity index (χ4v) is 4.64. The van der Waals surface area contributed by atoms with E-state index in [0.29, 0.717) is 24.8 Å². The molecule has 0 bridgehead atoms. The Balaban J connectivity index is 1.64. The molecule has 2 aromatic rings. The fourth-order valence-electron chi connectivity index (χ4n) is 3.21. The van der Waals surface area contributed by atoms with E-state index in [4.69, 9.17) is 4.52 Å². The summed E-state index contributed by atoms with van der Waals surface area (Å²) in [4.78, 5) is 6.27. The van der Waals surface area contributed by atoms with E-state index in [1.807, 2.05) is 18.7 Å². The van der Waals surface area contributed by atoms with Crippen molar-refractivity contribution in [1.29, 1.82) is 0 Å². The molecular weight excluding hydrogens is 409 g/mol. The normalized spacial score (nSPS) is 18.1. The number of rotatable bonds is 6. The van der Waals surface area contributed by atoms with Gasteiger partial charge in [0.1, 0.15) is 0 Å². The highest BCUT2D eigenvalue weighted by Gasteiger charge is 2.34. The molecule has 7 nitrogen and oxygen atoms in total. The molecule has 1 aliphatic rings. The van der Waals surface area contributed by atoms with Crippen molar-refractivity contribution in [2.45, 2.75) is 43.8 Å². The molecule has 2 heterocycles. The van der Waals surface area contributed by atoms with Crippen LogP contribution in [-0.2, 0) is 22.6 Å². The number of halogens is 3. The Bertz CT molecular complexity index is 921. The van der Waals surface area contributed by atoms with Crippen LogP contribution in [0.3, 0.4) is 0 Å². The Hall–Kier alpha value is -1.98. The van der Waals surface area contributed by atoms with Crippen LogP contribution in [0.1, 0.15) is 43.6 Å². The highest BCUT2D eigenvalue weighted by molar-refractivity contribution is 7.89. The average molecular weight is 432 g/mol. The van der Waals surface area contributed by atoms with Crippen molar-refractivity contribution >= 4 is 10.0 Å². The molecule has 1 aromatic carbocycles. The zero-order valence-corrected chi connectivity index (χ0v) is 17.0. The minimum atomic E-state index is -4.50. The van der Waals surface area contributed by atoms with Crippen molar-refractivity contribution in [1.82, 2.24) is 19.3 Å². The average Bonchev–Trinajstić information content (AvgIpc) is 3.16. The van der Waals surface area contributed by atoms with Gasteiger partial charge in [-0.05, 0) is 37.6 Å². The molecular formula is C18H23F3N4O3S. The number of nitrogens with zero attached hydrogens (tertiary/aromatic N) is 4. The van der Waals surface area contributed by atoms with E-state index in [1.165, 1.54) is 4.31 Å². The molecule has 0 amide bonds. The second-order valence-electron chi connectivity index (χ2n) is 6.94. The Kier molecular flexibility index (Phi) is 6.30. The third-order valence-corrected chi connectivity index (χ3v) is 6.87. The molecule has 160 valence electrons. The first kappa shape index (κ1) is 21.7. The van der Waals surface area contributed by atoms with E-state index in [1.54, 1.807) is 0 Å². The van der Waals surface area contributed by atoms with Crippen LogP contribution >= 0.6 is 0 Å². The molecule has 0 spiro atoms. The van der Waals surface area contributed by atoms with E-state index >= 15 is 0 Å². The number of aromatic nitrogens is 2. The van der Waals surface area contributed by atoms with Crippen LogP contribution in [0.15, 0.2) is 33.7 Å². The second kappa shape index (κ2) is 8.41. The van der Waals surface area contributed by atoms with Gasteiger partial charge in [0.25, 0.3) is 0 Å². The lowest BCUT2D eigenvalue weighted by Gasteiger charge is -2.36. The van der Waals surface area contributed by atoms with Gasteiger partial charge in [-0.1, -0.05) is 12.1 Å². The lowest BCUT2D eigenvalue weighted by molar-refractivity contribution is -0.137. The molecule has 1 aliphatic heterocycles. The molecule has 29 heavy (non-hydrogen) atoms. The fraction of sp³-hybridized carbons (Fsp3) is 0.556. The van der Waals surface area contributed by atoms with E-state index in [-0.39, 0.29) is 24.0 Å². The zero-order chi connectivity index (χ0) is 21.2. The molecule has 0 saturated carbocycles. The van der Waals surface area contributed by atoms with Gasteiger partial charge >= 0.3 is 6.18 Å². The minimum absolute atomic E-state index is 0.145. The van der Waals surface area contributed by atoms with Gasteiger partial charge in [0, 0.05) is 32.6 Å². The molecule has 0 N–H and O–H groups in total. The molecule has 1 unspecified atom stereocenters. The highest BCUT2D eigenvalue weighted by atomic mass is 32.2. The second-order valence-corrected chi connectivity index (χ2v) is 8.87. The van der Waals surface area contributed by atoms with E-state index in [0.717, 1.165) is 37.1 Å². The molecule has 1 atom stereocenters. The molecule has 1 fully saturated rings. The van der Waals surface area contributed by atoms with Crippen LogP contribution in [0.2, 0.25) is 0 Å². The van der Waals surface area contributed by atoms with Crippen molar-refractivity contribution in [2.75, 3.05) is 26.2 Å². The quantitative estimate of drug-likeness (QED) is 0.698. The third-order valence-electron chi connectivity index (χ3n) is 4.96. The first-order chi connectivity index (χ1) is 13.6. The molecule has 0 radical (unpaired) electrons. The topological polar surface area (TPSA) is 79.5 Å². The molecule has 3 rings (SSSR count). The van der Waals surface area contributed by atoms with Crippen LogP contribution < -0.4 is 0 Å². The van der Waals surface area contributed by atoms with Gasteiger partial charge in [0.05, 0.1) is 16.5 Å². The van der Waals surface area contributed by atoms with Gasteiger partial charge in [0.15, 0.2) is 5.82 Å². The minimum Gasteiger partial charge on any atom is -0.338 e. The molecule has 0 aliphatic carbocycles. The largest absolute Gasteiger partial charge is 0.416 e. The van der Waals surface area contributed by atoms with Crippen molar-refractivity contribution in [3.05, 3.63) is 41.5 Å². The van der Waals surface area contributed by atoms with Crippen LogP contribution in [-0.4, -0.2) is 53.9 Å². The number of alkyl halides is 3. The Morgan fingerprint density at radius 3 is 2.31 bits per heavy atom. The van der Waals surface area contributed by atoms with Gasteiger partial charge in [-0.15, -0.1) is 0 Å². The van der Waals surface area contributed by atoms with Crippen LogP contribution in [0.25, 0.3) is 0 Å². The maximum Gasteiger partial charge on any atom is 0.416 e. The van der Waals surface area contributed by atoms with Gasteiger partial charge in [-0.25, -0.2) is 8.42 Å². The van der Waals surface area contributed by atoms with Crippen molar-refractivity contribution in [2.24, 2.45) is 0 Å². The lowest BCUT2D eigenvalue weighted by Crippen LogP contribution is -2.49. The maximum absolute atomic E-state index is 12.8. The van der Waals surface area contributed by atoms with E-state index < -0.39 is 21.8 Å². The number of hydrogen-bond donors (Lipinski definition) is 0. The van der Waals surface area contributed by atoms with Gasteiger partial charge in [-0.3, -0.25) is 4.90 Å². The van der Waals surface area contributed by atoms with Crippen LogP contribution in [0.5, 0.6) is 0 Å². The van der Waals surface area contributed by atoms with Crippen molar-refractivity contribution in [3.8, 4) is 0 Å². The van der Waals surface area contributed by atoms with Crippen LogP contribution in [0.4, 0.5) is 13.2 Å². The summed E-state index contributed by atoms with van der Waals surface area (Å²) in [6.07, 6.45) is -2.86. The van der Waals surface area contributed by atoms with Crippen molar-refractivity contribution in [3.63, 3.8) is 0 Å². The summed E-state index contributed by atoms with van der Waals surface area (Å²) < 4.78 is 70.2. The number of piperazine rings is 1. The number of benzene rings is 1. The standard InChI is InChI=1S/C18H23F3N4O3S/c1-3-4-16-22-17(28-23-16)13(2)24-9-11-25(12-10-24)29(26,27)15-7-5-14(6-8-15)18(19,20)21/h5-8,13H,3-4,9-12H2,1-2H3. The van der Waals surface area contributed by atoms with Gasteiger partial charge < -0.3 is 4.52 Å². The molecule has 11 heteroatoms.